The van der Waals surface area contributed by atoms with Gasteiger partial charge in [0.15, 0.2) is 0 Å². The summed E-state index contributed by atoms with van der Waals surface area (Å²) in [6, 6.07) is 17.0. The van der Waals surface area contributed by atoms with Gasteiger partial charge < -0.3 is 10.1 Å². The quantitative estimate of drug-likeness (QED) is 0.793. The number of hydrogen-bond donors (Lipinski definition) is 1. The molecule has 1 aliphatic carbocycles. The minimum atomic E-state index is -0.161. The average Bonchev–Trinajstić information content (AvgIpc) is 3.25. The molecule has 4 rings (SSSR count). The van der Waals surface area contributed by atoms with Crippen LogP contribution < -0.4 is 10.1 Å². The first-order valence-electron chi connectivity index (χ1n) is 8.38. The molecule has 1 amide bonds. The van der Waals surface area contributed by atoms with Gasteiger partial charge in [0.05, 0.1) is 18.5 Å². The minimum Gasteiger partial charge on any atom is -0.497 e. The summed E-state index contributed by atoms with van der Waals surface area (Å²) in [5, 5.41) is 7.78. The molecule has 1 aromatic heterocycles. The number of hydrogen-bond acceptors (Lipinski definition) is 3. The number of carbonyl (C=O) groups excluding carboxylic acids is 1. The van der Waals surface area contributed by atoms with Gasteiger partial charge >= 0.3 is 0 Å². The van der Waals surface area contributed by atoms with Crippen LogP contribution in [0.25, 0.3) is 5.69 Å². The molecule has 2 aromatic carbocycles. The van der Waals surface area contributed by atoms with Gasteiger partial charge in [0.2, 0.25) is 0 Å². The highest BCUT2D eigenvalue weighted by molar-refractivity contribution is 6.04. The van der Waals surface area contributed by atoms with Crippen molar-refractivity contribution in [1.29, 1.82) is 0 Å². The van der Waals surface area contributed by atoms with Gasteiger partial charge in [-0.1, -0.05) is 24.3 Å². The van der Waals surface area contributed by atoms with Crippen LogP contribution in [0.5, 0.6) is 5.75 Å². The Kier molecular flexibility index (Phi) is 3.98. The first kappa shape index (κ1) is 15.4. The highest BCUT2D eigenvalue weighted by Gasteiger charge is 2.24. The van der Waals surface area contributed by atoms with Crippen molar-refractivity contribution in [2.45, 2.75) is 19.3 Å². The van der Waals surface area contributed by atoms with Crippen molar-refractivity contribution in [3.8, 4) is 11.4 Å². The SMILES string of the molecule is COc1cccc(C(=O)Nc2c3c(nn2-c2ccccc2)CCC3)c1. The molecule has 5 nitrogen and oxygen atoms in total. The lowest BCUT2D eigenvalue weighted by Gasteiger charge is -2.11. The molecular weight excluding hydrogens is 314 g/mol. The van der Waals surface area contributed by atoms with E-state index < -0.39 is 0 Å². The first-order valence-corrected chi connectivity index (χ1v) is 8.38. The molecule has 0 bridgehead atoms. The Morgan fingerprint density at radius 2 is 1.96 bits per heavy atom. The van der Waals surface area contributed by atoms with E-state index in [2.05, 4.69) is 5.32 Å². The van der Waals surface area contributed by atoms with E-state index in [0.29, 0.717) is 11.3 Å². The Bertz CT molecular complexity index is 916. The van der Waals surface area contributed by atoms with Crippen molar-refractivity contribution in [2.24, 2.45) is 0 Å². The molecule has 0 radical (unpaired) electrons. The number of anilines is 1. The average molecular weight is 333 g/mol. The predicted molar refractivity (Wildman–Crippen MR) is 96.5 cm³/mol. The van der Waals surface area contributed by atoms with Gasteiger partial charge in [-0.25, -0.2) is 4.68 Å². The molecule has 0 unspecified atom stereocenters. The van der Waals surface area contributed by atoms with Crippen molar-refractivity contribution >= 4 is 11.7 Å². The molecule has 0 atom stereocenters. The second-order valence-corrected chi connectivity index (χ2v) is 6.06. The van der Waals surface area contributed by atoms with Crippen LogP contribution in [0.1, 0.15) is 28.0 Å². The molecular formula is C20H19N3O2. The molecule has 0 saturated carbocycles. The maximum Gasteiger partial charge on any atom is 0.256 e. The molecule has 126 valence electrons. The van der Waals surface area contributed by atoms with Crippen molar-refractivity contribution in [3.05, 3.63) is 71.4 Å². The molecule has 0 fully saturated rings. The van der Waals surface area contributed by atoms with E-state index in [4.69, 9.17) is 9.84 Å². The van der Waals surface area contributed by atoms with Crippen LogP contribution in [0.3, 0.4) is 0 Å². The van der Waals surface area contributed by atoms with Crippen molar-refractivity contribution in [3.63, 3.8) is 0 Å². The minimum absolute atomic E-state index is 0.161. The summed E-state index contributed by atoms with van der Waals surface area (Å²) in [5.41, 5.74) is 3.72. The predicted octanol–water partition coefficient (Wildman–Crippen LogP) is 3.62. The topological polar surface area (TPSA) is 56.1 Å². The zero-order valence-electron chi connectivity index (χ0n) is 14.0. The third-order valence-corrected chi connectivity index (χ3v) is 4.47. The number of ether oxygens (including phenoxy) is 1. The van der Waals surface area contributed by atoms with Crippen molar-refractivity contribution in [2.75, 3.05) is 12.4 Å². The van der Waals surface area contributed by atoms with E-state index in [1.165, 1.54) is 0 Å². The molecule has 1 aliphatic rings. The fourth-order valence-electron chi connectivity index (χ4n) is 3.22. The summed E-state index contributed by atoms with van der Waals surface area (Å²) in [5.74, 6) is 1.27. The van der Waals surface area contributed by atoms with Gasteiger partial charge in [-0.05, 0) is 49.6 Å². The van der Waals surface area contributed by atoms with Crippen LogP contribution in [0.2, 0.25) is 0 Å². The summed E-state index contributed by atoms with van der Waals surface area (Å²) in [7, 11) is 1.59. The van der Waals surface area contributed by atoms with E-state index >= 15 is 0 Å². The van der Waals surface area contributed by atoms with Gasteiger partial charge in [-0.3, -0.25) is 4.79 Å². The van der Waals surface area contributed by atoms with E-state index in [1.807, 2.05) is 47.1 Å². The van der Waals surface area contributed by atoms with Gasteiger partial charge in [0.25, 0.3) is 5.91 Å². The van der Waals surface area contributed by atoms with Crippen LogP contribution in [0.15, 0.2) is 54.6 Å². The maximum absolute atomic E-state index is 12.8. The summed E-state index contributed by atoms with van der Waals surface area (Å²) < 4.78 is 7.04. The number of nitrogens with zero attached hydrogens (tertiary/aromatic N) is 2. The Morgan fingerprint density at radius 3 is 2.76 bits per heavy atom. The molecule has 0 spiro atoms. The van der Waals surface area contributed by atoms with Crippen molar-refractivity contribution < 1.29 is 9.53 Å². The Balaban J connectivity index is 1.71. The summed E-state index contributed by atoms with van der Waals surface area (Å²) in [4.78, 5) is 12.8. The molecule has 0 saturated heterocycles. The molecule has 25 heavy (non-hydrogen) atoms. The number of fused-ring (bicyclic) bond motifs is 1. The van der Waals surface area contributed by atoms with Crippen LogP contribution in [0.4, 0.5) is 5.82 Å². The second kappa shape index (κ2) is 6.43. The molecule has 0 aliphatic heterocycles. The lowest BCUT2D eigenvalue weighted by atomic mass is 10.2. The number of para-hydroxylation sites is 1. The van der Waals surface area contributed by atoms with Crippen LogP contribution in [-0.4, -0.2) is 22.8 Å². The van der Waals surface area contributed by atoms with E-state index in [9.17, 15) is 4.79 Å². The van der Waals surface area contributed by atoms with E-state index in [1.54, 1.807) is 19.2 Å². The monoisotopic (exact) mass is 333 g/mol. The van der Waals surface area contributed by atoms with Crippen LogP contribution in [-0.2, 0) is 12.8 Å². The van der Waals surface area contributed by atoms with Crippen LogP contribution in [0, 0.1) is 0 Å². The molecule has 1 N–H and O–H groups in total. The van der Waals surface area contributed by atoms with Gasteiger partial charge in [0.1, 0.15) is 11.6 Å². The highest BCUT2D eigenvalue weighted by atomic mass is 16.5. The smallest absolute Gasteiger partial charge is 0.256 e. The summed E-state index contributed by atoms with van der Waals surface area (Å²) >= 11 is 0. The Morgan fingerprint density at radius 1 is 1.12 bits per heavy atom. The fraction of sp³-hybridized carbons (Fsp3) is 0.200. The lowest BCUT2D eigenvalue weighted by molar-refractivity contribution is 0.102. The first-order chi connectivity index (χ1) is 12.3. The summed E-state index contributed by atoms with van der Waals surface area (Å²) in [6.45, 7) is 0. The number of amides is 1. The Hall–Kier alpha value is -3.08. The van der Waals surface area contributed by atoms with Gasteiger partial charge in [-0.2, -0.15) is 5.10 Å². The second-order valence-electron chi connectivity index (χ2n) is 6.06. The van der Waals surface area contributed by atoms with Crippen molar-refractivity contribution in [1.82, 2.24) is 9.78 Å². The molecule has 3 aromatic rings. The summed E-state index contributed by atoms with van der Waals surface area (Å²) in [6.07, 6.45) is 2.97. The molecule has 5 heteroatoms. The zero-order valence-corrected chi connectivity index (χ0v) is 14.0. The van der Waals surface area contributed by atoms with E-state index in [0.717, 1.165) is 42.0 Å². The van der Waals surface area contributed by atoms with E-state index in [-0.39, 0.29) is 5.91 Å². The van der Waals surface area contributed by atoms with Gasteiger partial charge in [-0.15, -0.1) is 0 Å². The maximum atomic E-state index is 12.8. The van der Waals surface area contributed by atoms with Crippen LogP contribution >= 0.6 is 0 Å². The number of carbonyl (C=O) groups is 1. The van der Waals surface area contributed by atoms with Gasteiger partial charge in [0, 0.05) is 11.1 Å². The normalized spacial score (nSPS) is 12.7. The number of nitrogens with one attached hydrogen (secondary N) is 1. The number of aryl methyl sites for hydroxylation is 1. The number of methoxy groups -OCH3 is 1. The highest BCUT2D eigenvalue weighted by Crippen LogP contribution is 2.31. The number of benzene rings is 2. The lowest BCUT2D eigenvalue weighted by Crippen LogP contribution is -2.16. The third-order valence-electron chi connectivity index (χ3n) is 4.47. The molecule has 1 heterocycles. The standard InChI is InChI=1S/C20H19N3O2/c1-25-16-10-5-7-14(13-16)20(24)21-19-17-11-6-12-18(17)22-23(19)15-8-3-2-4-9-15/h2-5,7-10,13H,6,11-12H2,1H3,(H,21,24). The zero-order chi connectivity index (χ0) is 17.2. The number of rotatable bonds is 4. The fourth-order valence-corrected chi connectivity index (χ4v) is 3.22. The third kappa shape index (κ3) is 2.89. The number of aromatic nitrogens is 2. The largest absolute Gasteiger partial charge is 0.497 e. The Labute approximate surface area is 146 Å².